The van der Waals surface area contributed by atoms with Crippen LogP contribution in [0.25, 0.3) is 0 Å². The van der Waals surface area contributed by atoms with Gasteiger partial charge in [-0.15, -0.1) is 0 Å². The van der Waals surface area contributed by atoms with E-state index in [-0.39, 0.29) is 0 Å². The number of aryl methyl sites for hydroxylation is 1. The highest BCUT2D eigenvalue weighted by atomic mass is 16.3. The molecular formula is C11H20N4O. The number of hydrogen-bond acceptors (Lipinski definition) is 4. The second kappa shape index (κ2) is 4.93. The fourth-order valence-electron chi connectivity index (χ4n) is 2.06. The van der Waals surface area contributed by atoms with Crippen LogP contribution in [0.5, 0.6) is 0 Å². The van der Waals surface area contributed by atoms with Crippen molar-refractivity contribution in [2.24, 2.45) is 5.41 Å². The van der Waals surface area contributed by atoms with Crippen LogP contribution in [-0.4, -0.2) is 33.0 Å². The van der Waals surface area contributed by atoms with Gasteiger partial charge in [-0.05, 0) is 31.6 Å². The lowest BCUT2D eigenvalue weighted by Crippen LogP contribution is -2.26. The van der Waals surface area contributed by atoms with Crippen molar-refractivity contribution >= 4 is 0 Å². The maximum absolute atomic E-state index is 8.95. The first-order chi connectivity index (χ1) is 7.79. The molecule has 1 aliphatic rings. The lowest BCUT2D eigenvalue weighted by Gasteiger charge is -2.14. The Morgan fingerprint density at radius 3 is 3.00 bits per heavy atom. The molecule has 16 heavy (non-hydrogen) atoms. The molecule has 5 heteroatoms. The summed E-state index contributed by atoms with van der Waals surface area (Å²) in [6.45, 7) is 4.96. The number of rotatable bonds is 7. The minimum Gasteiger partial charge on any atom is -0.396 e. The average molecular weight is 224 g/mol. The van der Waals surface area contributed by atoms with E-state index in [9.17, 15) is 0 Å². The SMILES string of the molecule is CCn1ncnc1CNCC1(CCO)CC1. The van der Waals surface area contributed by atoms with Crippen molar-refractivity contribution < 1.29 is 5.11 Å². The molecule has 0 spiro atoms. The Morgan fingerprint density at radius 2 is 2.38 bits per heavy atom. The molecule has 0 amide bonds. The van der Waals surface area contributed by atoms with Crippen LogP contribution in [-0.2, 0) is 13.1 Å². The molecule has 0 unspecified atom stereocenters. The predicted octanol–water partition coefficient (Wildman–Crippen LogP) is 0.550. The number of nitrogens with zero attached hydrogens (tertiary/aromatic N) is 3. The Kier molecular flexibility index (Phi) is 3.56. The molecule has 0 bridgehead atoms. The van der Waals surface area contributed by atoms with Gasteiger partial charge < -0.3 is 10.4 Å². The summed E-state index contributed by atoms with van der Waals surface area (Å²) in [6.07, 6.45) is 4.99. The monoisotopic (exact) mass is 224 g/mol. The van der Waals surface area contributed by atoms with Crippen LogP contribution < -0.4 is 5.32 Å². The minimum atomic E-state index is 0.298. The molecule has 0 atom stereocenters. The van der Waals surface area contributed by atoms with Gasteiger partial charge in [-0.3, -0.25) is 0 Å². The van der Waals surface area contributed by atoms with Crippen LogP contribution >= 0.6 is 0 Å². The number of aromatic nitrogens is 3. The quantitative estimate of drug-likeness (QED) is 0.710. The number of aliphatic hydroxyl groups excluding tert-OH is 1. The first-order valence-electron chi connectivity index (χ1n) is 5.98. The number of nitrogens with one attached hydrogen (secondary N) is 1. The molecule has 90 valence electrons. The fraction of sp³-hybridized carbons (Fsp3) is 0.818. The Hall–Kier alpha value is -0.940. The first kappa shape index (κ1) is 11.5. The largest absolute Gasteiger partial charge is 0.396 e. The smallest absolute Gasteiger partial charge is 0.140 e. The van der Waals surface area contributed by atoms with Crippen LogP contribution in [0, 0.1) is 5.41 Å². The van der Waals surface area contributed by atoms with Crippen LogP contribution in [0.2, 0.25) is 0 Å². The van der Waals surface area contributed by atoms with Gasteiger partial charge in [0.2, 0.25) is 0 Å². The van der Waals surface area contributed by atoms with Gasteiger partial charge in [-0.2, -0.15) is 5.10 Å². The molecule has 1 aromatic rings. The molecule has 0 aromatic carbocycles. The zero-order chi connectivity index (χ0) is 11.4. The van der Waals surface area contributed by atoms with Crippen molar-refractivity contribution in [3.05, 3.63) is 12.2 Å². The van der Waals surface area contributed by atoms with E-state index in [2.05, 4.69) is 22.3 Å². The van der Waals surface area contributed by atoms with Crippen molar-refractivity contribution in [1.82, 2.24) is 20.1 Å². The Labute approximate surface area is 95.9 Å². The molecule has 1 aromatic heterocycles. The summed E-state index contributed by atoms with van der Waals surface area (Å²) >= 11 is 0. The molecule has 2 rings (SSSR count). The molecule has 0 aliphatic heterocycles. The third-order valence-corrected chi connectivity index (χ3v) is 3.38. The van der Waals surface area contributed by atoms with Crippen LogP contribution in [0.15, 0.2) is 6.33 Å². The topological polar surface area (TPSA) is 63.0 Å². The van der Waals surface area contributed by atoms with E-state index in [1.54, 1.807) is 6.33 Å². The van der Waals surface area contributed by atoms with Crippen LogP contribution in [0.4, 0.5) is 0 Å². The highest BCUT2D eigenvalue weighted by molar-refractivity contribution is 4.95. The highest BCUT2D eigenvalue weighted by Crippen LogP contribution is 2.47. The van der Waals surface area contributed by atoms with E-state index in [0.717, 1.165) is 31.9 Å². The van der Waals surface area contributed by atoms with Crippen LogP contribution in [0.3, 0.4) is 0 Å². The zero-order valence-electron chi connectivity index (χ0n) is 9.82. The minimum absolute atomic E-state index is 0.298. The summed E-state index contributed by atoms with van der Waals surface area (Å²) < 4.78 is 1.90. The van der Waals surface area contributed by atoms with E-state index in [1.807, 2.05) is 4.68 Å². The van der Waals surface area contributed by atoms with Gasteiger partial charge >= 0.3 is 0 Å². The molecule has 1 aliphatic carbocycles. The first-order valence-corrected chi connectivity index (χ1v) is 5.98. The zero-order valence-corrected chi connectivity index (χ0v) is 9.82. The van der Waals surface area contributed by atoms with Gasteiger partial charge in [0.05, 0.1) is 6.54 Å². The average Bonchev–Trinajstić information content (AvgIpc) is 2.90. The van der Waals surface area contributed by atoms with E-state index in [0.29, 0.717) is 12.0 Å². The number of hydrogen-bond donors (Lipinski definition) is 2. The van der Waals surface area contributed by atoms with E-state index in [1.165, 1.54) is 12.8 Å². The second-order valence-corrected chi connectivity index (χ2v) is 4.57. The third-order valence-electron chi connectivity index (χ3n) is 3.38. The maximum atomic E-state index is 8.95. The summed E-state index contributed by atoms with van der Waals surface area (Å²) in [4.78, 5) is 4.21. The standard InChI is InChI=1S/C11H20N4O/c1-2-15-10(13-9-14-15)7-12-8-11(3-4-11)5-6-16/h9,12,16H,2-8H2,1H3. The Morgan fingerprint density at radius 1 is 1.56 bits per heavy atom. The summed E-state index contributed by atoms with van der Waals surface area (Å²) in [7, 11) is 0. The predicted molar refractivity (Wildman–Crippen MR) is 60.8 cm³/mol. The van der Waals surface area contributed by atoms with E-state index < -0.39 is 0 Å². The van der Waals surface area contributed by atoms with E-state index >= 15 is 0 Å². The summed E-state index contributed by atoms with van der Waals surface area (Å²) in [5, 5.41) is 16.5. The van der Waals surface area contributed by atoms with Gasteiger partial charge in [-0.1, -0.05) is 0 Å². The summed E-state index contributed by atoms with van der Waals surface area (Å²) in [6, 6.07) is 0. The van der Waals surface area contributed by atoms with Gasteiger partial charge in [0.15, 0.2) is 0 Å². The van der Waals surface area contributed by atoms with Crippen molar-refractivity contribution in [2.75, 3.05) is 13.2 Å². The van der Waals surface area contributed by atoms with Gasteiger partial charge in [-0.25, -0.2) is 9.67 Å². The third kappa shape index (κ3) is 2.59. The molecule has 0 saturated heterocycles. The fourth-order valence-corrected chi connectivity index (χ4v) is 2.06. The van der Waals surface area contributed by atoms with Crippen LogP contribution in [0.1, 0.15) is 32.0 Å². The molecule has 0 radical (unpaired) electrons. The molecule has 5 nitrogen and oxygen atoms in total. The molecule has 1 heterocycles. The van der Waals surface area contributed by atoms with E-state index in [4.69, 9.17) is 5.11 Å². The van der Waals surface area contributed by atoms with Crippen molar-refractivity contribution in [1.29, 1.82) is 0 Å². The summed E-state index contributed by atoms with van der Waals surface area (Å²) in [5.74, 6) is 0.988. The lowest BCUT2D eigenvalue weighted by molar-refractivity contribution is 0.245. The maximum Gasteiger partial charge on any atom is 0.140 e. The molecular weight excluding hydrogens is 204 g/mol. The van der Waals surface area contributed by atoms with Gasteiger partial charge in [0.25, 0.3) is 0 Å². The van der Waals surface area contributed by atoms with Crippen molar-refractivity contribution in [3.8, 4) is 0 Å². The molecule has 1 fully saturated rings. The van der Waals surface area contributed by atoms with Crippen molar-refractivity contribution in [3.63, 3.8) is 0 Å². The summed E-state index contributed by atoms with van der Waals surface area (Å²) in [5.41, 5.74) is 0.367. The van der Waals surface area contributed by atoms with Gasteiger partial charge in [0.1, 0.15) is 12.2 Å². The normalized spacial score (nSPS) is 17.6. The Balaban J connectivity index is 1.76. The second-order valence-electron chi connectivity index (χ2n) is 4.57. The lowest BCUT2D eigenvalue weighted by atomic mass is 10.0. The Bertz CT molecular complexity index is 332. The van der Waals surface area contributed by atoms with Crippen molar-refractivity contribution in [2.45, 2.75) is 39.3 Å². The molecule has 2 N–H and O–H groups in total. The molecule has 1 saturated carbocycles. The number of aliphatic hydroxyl groups is 1. The highest BCUT2D eigenvalue weighted by Gasteiger charge is 2.41. The van der Waals surface area contributed by atoms with Gasteiger partial charge in [0, 0.05) is 19.7 Å².